The molecule has 3 N–H and O–H groups in total. The number of thiazole rings is 1. The number of urea groups is 1. The lowest BCUT2D eigenvalue weighted by atomic mass is 10.1. The summed E-state index contributed by atoms with van der Waals surface area (Å²) in [6.45, 7) is 5.98. The molecule has 0 radical (unpaired) electrons. The predicted octanol–water partition coefficient (Wildman–Crippen LogP) is 6.60. The summed E-state index contributed by atoms with van der Waals surface area (Å²) < 4.78 is 1.75. The Morgan fingerprint density at radius 2 is 1.52 bits per heavy atom. The maximum atomic E-state index is 12.4. The molecule has 4 rings (SSSR count). The van der Waals surface area contributed by atoms with Crippen LogP contribution in [0.25, 0.3) is 10.2 Å². The van der Waals surface area contributed by atoms with E-state index in [1.807, 2.05) is 75.4 Å². The lowest BCUT2D eigenvalue weighted by molar-refractivity contribution is -0.113. The molecule has 0 atom stereocenters. The van der Waals surface area contributed by atoms with Crippen LogP contribution in [0.1, 0.15) is 16.7 Å². The van der Waals surface area contributed by atoms with Crippen LogP contribution in [-0.4, -0.2) is 22.7 Å². The Labute approximate surface area is 200 Å². The van der Waals surface area contributed by atoms with E-state index in [1.165, 1.54) is 23.1 Å². The highest BCUT2D eigenvalue weighted by atomic mass is 32.2. The number of rotatable bonds is 6. The summed E-state index contributed by atoms with van der Waals surface area (Å²) >= 11 is 2.89. The van der Waals surface area contributed by atoms with Crippen LogP contribution in [0, 0.1) is 20.8 Å². The third kappa shape index (κ3) is 6.34. The second-order valence-electron chi connectivity index (χ2n) is 7.82. The molecule has 33 heavy (non-hydrogen) atoms. The molecule has 1 heterocycles. The van der Waals surface area contributed by atoms with E-state index in [9.17, 15) is 9.59 Å². The molecule has 1 aromatic heterocycles. The monoisotopic (exact) mass is 476 g/mol. The average Bonchev–Trinajstić information content (AvgIpc) is 3.13. The van der Waals surface area contributed by atoms with Crippen molar-refractivity contribution < 1.29 is 9.59 Å². The summed E-state index contributed by atoms with van der Waals surface area (Å²) in [7, 11) is 0. The minimum absolute atomic E-state index is 0.0738. The first kappa shape index (κ1) is 22.8. The first-order chi connectivity index (χ1) is 15.8. The number of aromatic nitrogens is 1. The molecule has 0 fully saturated rings. The van der Waals surface area contributed by atoms with Gasteiger partial charge in [0.2, 0.25) is 5.91 Å². The van der Waals surface area contributed by atoms with Crippen molar-refractivity contribution in [3.8, 4) is 0 Å². The molecule has 0 bridgehead atoms. The van der Waals surface area contributed by atoms with Crippen molar-refractivity contribution >= 4 is 62.3 Å². The molecule has 0 unspecified atom stereocenters. The molecule has 0 saturated heterocycles. The van der Waals surface area contributed by atoms with E-state index in [0.29, 0.717) is 5.69 Å². The smallest absolute Gasteiger partial charge is 0.323 e. The Morgan fingerprint density at radius 3 is 2.27 bits per heavy atom. The van der Waals surface area contributed by atoms with Crippen molar-refractivity contribution in [1.82, 2.24) is 4.98 Å². The van der Waals surface area contributed by atoms with Crippen LogP contribution in [0.15, 0.2) is 65.0 Å². The molecule has 6 nitrogen and oxygen atoms in total. The third-order valence-electron chi connectivity index (χ3n) is 4.73. The van der Waals surface area contributed by atoms with E-state index in [-0.39, 0.29) is 17.7 Å². The minimum atomic E-state index is -0.300. The molecule has 3 amide bonds. The highest BCUT2D eigenvalue weighted by Gasteiger charge is 2.10. The maximum Gasteiger partial charge on any atom is 0.323 e. The number of hydrogen-bond donors (Lipinski definition) is 3. The summed E-state index contributed by atoms with van der Waals surface area (Å²) in [6.07, 6.45) is 0. The Kier molecular flexibility index (Phi) is 6.96. The SMILES string of the molecule is Cc1cccc(NC(=O)CSc2nc3ccc(NC(=O)Nc4cc(C)cc(C)c4)cc3s2)c1. The van der Waals surface area contributed by atoms with E-state index in [4.69, 9.17) is 0 Å². The number of amides is 3. The summed E-state index contributed by atoms with van der Waals surface area (Å²) in [5, 5.41) is 8.65. The van der Waals surface area contributed by atoms with Gasteiger partial charge in [0.25, 0.3) is 0 Å². The van der Waals surface area contributed by atoms with Crippen molar-refractivity contribution in [3.63, 3.8) is 0 Å². The number of nitrogens with zero attached hydrogens (tertiary/aromatic N) is 1. The standard InChI is InChI=1S/C25H24N4O2S2/c1-15-5-4-6-18(10-15)26-23(30)14-32-25-29-21-8-7-19(13-22(21)33-25)27-24(31)28-20-11-16(2)9-17(3)12-20/h4-13H,14H2,1-3H3,(H,26,30)(H2,27,28,31). The average molecular weight is 477 g/mol. The van der Waals surface area contributed by atoms with E-state index < -0.39 is 0 Å². The molecule has 0 aliphatic carbocycles. The van der Waals surface area contributed by atoms with Crippen LogP contribution in [0.4, 0.5) is 21.9 Å². The van der Waals surface area contributed by atoms with Gasteiger partial charge >= 0.3 is 6.03 Å². The lowest BCUT2D eigenvalue weighted by Gasteiger charge is -2.09. The Morgan fingerprint density at radius 1 is 0.818 bits per heavy atom. The molecule has 8 heteroatoms. The van der Waals surface area contributed by atoms with Gasteiger partial charge in [0.05, 0.1) is 16.0 Å². The van der Waals surface area contributed by atoms with Gasteiger partial charge < -0.3 is 16.0 Å². The van der Waals surface area contributed by atoms with Gasteiger partial charge in [-0.2, -0.15) is 0 Å². The van der Waals surface area contributed by atoms with Gasteiger partial charge in [0, 0.05) is 17.1 Å². The minimum Gasteiger partial charge on any atom is -0.325 e. The normalized spacial score (nSPS) is 10.8. The molecular weight excluding hydrogens is 452 g/mol. The van der Waals surface area contributed by atoms with Gasteiger partial charge in [-0.05, 0) is 79.9 Å². The van der Waals surface area contributed by atoms with Crippen molar-refractivity contribution in [2.45, 2.75) is 25.1 Å². The zero-order chi connectivity index (χ0) is 23.4. The molecule has 0 aliphatic heterocycles. The van der Waals surface area contributed by atoms with Crippen molar-refractivity contribution in [3.05, 3.63) is 77.4 Å². The van der Waals surface area contributed by atoms with Crippen LogP contribution in [0.3, 0.4) is 0 Å². The summed E-state index contributed by atoms with van der Waals surface area (Å²) in [4.78, 5) is 29.3. The van der Waals surface area contributed by atoms with Crippen LogP contribution in [0.2, 0.25) is 0 Å². The number of carbonyl (C=O) groups is 2. The van der Waals surface area contributed by atoms with Crippen molar-refractivity contribution in [1.29, 1.82) is 0 Å². The first-order valence-corrected chi connectivity index (χ1v) is 12.2. The molecular formula is C25H24N4O2S2. The highest BCUT2D eigenvalue weighted by molar-refractivity contribution is 8.01. The fourth-order valence-corrected chi connectivity index (χ4v) is 5.34. The molecule has 0 aliphatic rings. The first-order valence-electron chi connectivity index (χ1n) is 10.4. The number of aryl methyl sites for hydroxylation is 3. The number of benzene rings is 3. The van der Waals surface area contributed by atoms with E-state index >= 15 is 0 Å². The predicted molar refractivity (Wildman–Crippen MR) is 139 cm³/mol. The Bertz CT molecular complexity index is 1310. The fourth-order valence-electron chi connectivity index (χ4n) is 3.43. The van der Waals surface area contributed by atoms with Crippen LogP contribution in [-0.2, 0) is 4.79 Å². The molecule has 3 aromatic carbocycles. The third-order valence-corrected chi connectivity index (χ3v) is 6.90. The van der Waals surface area contributed by atoms with Crippen molar-refractivity contribution in [2.75, 3.05) is 21.7 Å². The van der Waals surface area contributed by atoms with Gasteiger partial charge in [-0.1, -0.05) is 30.0 Å². The maximum absolute atomic E-state index is 12.4. The fraction of sp³-hybridized carbons (Fsp3) is 0.160. The quantitative estimate of drug-likeness (QED) is 0.274. The second-order valence-corrected chi connectivity index (χ2v) is 10.1. The summed E-state index contributed by atoms with van der Waals surface area (Å²) in [6, 6.07) is 18.9. The number of carbonyl (C=O) groups excluding carboxylic acids is 2. The van der Waals surface area contributed by atoms with Gasteiger partial charge in [-0.15, -0.1) is 11.3 Å². The number of fused-ring (bicyclic) bond motifs is 1. The molecule has 4 aromatic rings. The number of hydrogen-bond acceptors (Lipinski definition) is 5. The second kappa shape index (κ2) is 10.1. The number of anilines is 3. The molecule has 0 saturated carbocycles. The summed E-state index contributed by atoms with van der Waals surface area (Å²) in [5.41, 5.74) is 6.34. The Balaban J connectivity index is 1.35. The van der Waals surface area contributed by atoms with Gasteiger partial charge in [-0.25, -0.2) is 9.78 Å². The molecule has 0 spiro atoms. The largest absolute Gasteiger partial charge is 0.325 e. The van der Waals surface area contributed by atoms with Gasteiger partial charge in [-0.3, -0.25) is 4.79 Å². The van der Waals surface area contributed by atoms with Gasteiger partial charge in [0.15, 0.2) is 4.34 Å². The Hall–Kier alpha value is -3.36. The molecule has 168 valence electrons. The summed E-state index contributed by atoms with van der Waals surface area (Å²) in [5.74, 6) is 0.201. The van der Waals surface area contributed by atoms with E-state index in [0.717, 1.165) is 42.6 Å². The van der Waals surface area contributed by atoms with E-state index in [2.05, 4.69) is 27.0 Å². The van der Waals surface area contributed by atoms with Crippen LogP contribution in [0.5, 0.6) is 0 Å². The van der Waals surface area contributed by atoms with E-state index in [1.54, 1.807) is 0 Å². The highest BCUT2D eigenvalue weighted by Crippen LogP contribution is 2.31. The zero-order valence-corrected chi connectivity index (χ0v) is 20.2. The number of thioether (sulfide) groups is 1. The zero-order valence-electron chi connectivity index (χ0n) is 18.6. The van der Waals surface area contributed by atoms with Crippen LogP contribution >= 0.6 is 23.1 Å². The lowest BCUT2D eigenvalue weighted by Crippen LogP contribution is -2.19. The number of nitrogens with one attached hydrogen (secondary N) is 3. The van der Waals surface area contributed by atoms with Crippen molar-refractivity contribution in [2.24, 2.45) is 0 Å². The topological polar surface area (TPSA) is 83.1 Å². The van der Waals surface area contributed by atoms with Gasteiger partial charge in [0.1, 0.15) is 0 Å². The van der Waals surface area contributed by atoms with Crippen LogP contribution < -0.4 is 16.0 Å².